The first-order valence-corrected chi connectivity index (χ1v) is 6.47. The van der Waals surface area contributed by atoms with Crippen molar-refractivity contribution in [3.05, 3.63) is 35.3 Å². The van der Waals surface area contributed by atoms with E-state index in [4.69, 9.17) is 4.42 Å². The molecule has 0 amide bonds. The first kappa shape index (κ1) is 11.7. The van der Waals surface area contributed by atoms with Crippen molar-refractivity contribution in [3.8, 4) is 0 Å². The number of aliphatic hydroxyl groups is 1. The number of Topliss-reactive ketones (excluding diaryl/α,β-unsaturated/α-hetero) is 1. The van der Waals surface area contributed by atoms with Crippen LogP contribution in [0.15, 0.2) is 34.2 Å². The molecule has 18 heavy (non-hydrogen) atoms. The van der Waals surface area contributed by atoms with Gasteiger partial charge in [-0.1, -0.05) is 12.5 Å². The maximum absolute atomic E-state index is 11.8. The van der Waals surface area contributed by atoms with E-state index in [9.17, 15) is 9.90 Å². The van der Waals surface area contributed by atoms with Gasteiger partial charge in [-0.15, -0.1) is 0 Å². The zero-order valence-electron chi connectivity index (χ0n) is 10.8. The Labute approximate surface area is 106 Å². The molecule has 3 nitrogen and oxygen atoms in total. The zero-order valence-corrected chi connectivity index (χ0v) is 10.8. The van der Waals surface area contributed by atoms with E-state index in [1.807, 2.05) is 13.0 Å². The van der Waals surface area contributed by atoms with Crippen LogP contribution in [0.4, 0.5) is 0 Å². The van der Waals surface area contributed by atoms with Crippen molar-refractivity contribution >= 4 is 5.78 Å². The average molecular weight is 246 g/mol. The SMILES string of the molecule is CC1=C2CC(O)[C@@H](c3ccoc3)[C@]2(C)CCC1=O. The second-order valence-electron chi connectivity index (χ2n) is 5.75. The highest BCUT2D eigenvalue weighted by molar-refractivity contribution is 5.97. The van der Waals surface area contributed by atoms with Crippen molar-refractivity contribution in [2.45, 2.75) is 45.1 Å². The molecule has 1 unspecified atom stereocenters. The van der Waals surface area contributed by atoms with Gasteiger partial charge in [-0.05, 0) is 42.4 Å². The number of hydrogen-bond acceptors (Lipinski definition) is 3. The fraction of sp³-hybridized carbons (Fsp3) is 0.533. The first-order chi connectivity index (χ1) is 8.54. The molecule has 0 aliphatic heterocycles. The minimum Gasteiger partial charge on any atom is -0.472 e. The molecule has 3 atom stereocenters. The summed E-state index contributed by atoms with van der Waals surface area (Å²) < 4.78 is 5.15. The number of rotatable bonds is 1. The van der Waals surface area contributed by atoms with Crippen molar-refractivity contribution in [3.63, 3.8) is 0 Å². The van der Waals surface area contributed by atoms with Crippen LogP contribution in [-0.2, 0) is 4.79 Å². The normalized spacial score (nSPS) is 36.1. The van der Waals surface area contributed by atoms with Crippen molar-refractivity contribution in [1.82, 2.24) is 0 Å². The van der Waals surface area contributed by atoms with Crippen molar-refractivity contribution in [2.75, 3.05) is 0 Å². The quantitative estimate of drug-likeness (QED) is 0.829. The van der Waals surface area contributed by atoms with Crippen molar-refractivity contribution in [1.29, 1.82) is 0 Å². The molecule has 0 bridgehead atoms. The molecule has 0 aromatic carbocycles. The fourth-order valence-electron chi connectivity index (χ4n) is 3.83. The van der Waals surface area contributed by atoms with E-state index in [2.05, 4.69) is 6.92 Å². The Morgan fingerprint density at radius 3 is 2.94 bits per heavy atom. The Bertz CT molecular complexity index is 512. The van der Waals surface area contributed by atoms with E-state index in [0.717, 1.165) is 23.1 Å². The summed E-state index contributed by atoms with van der Waals surface area (Å²) in [4.78, 5) is 11.8. The van der Waals surface area contributed by atoms with E-state index in [0.29, 0.717) is 12.8 Å². The summed E-state index contributed by atoms with van der Waals surface area (Å²) in [6.07, 6.45) is 4.98. The maximum atomic E-state index is 11.8. The van der Waals surface area contributed by atoms with Crippen LogP contribution >= 0.6 is 0 Å². The molecule has 1 aromatic rings. The number of aliphatic hydroxyl groups excluding tert-OH is 1. The Morgan fingerprint density at radius 1 is 1.50 bits per heavy atom. The van der Waals surface area contributed by atoms with Gasteiger partial charge in [0.15, 0.2) is 5.78 Å². The van der Waals surface area contributed by atoms with E-state index in [-0.39, 0.29) is 17.1 Å². The molecule has 2 aliphatic rings. The van der Waals surface area contributed by atoms with Crippen LogP contribution in [-0.4, -0.2) is 17.0 Å². The Hall–Kier alpha value is -1.35. The molecular weight excluding hydrogens is 228 g/mol. The summed E-state index contributed by atoms with van der Waals surface area (Å²) in [5.74, 6) is 0.289. The lowest BCUT2D eigenvalue weighted by Gasteiger charge is -2.37. The third kappa shape index (κ3) is 1.43. The van der Waals surface area contributed by atoms with Crippen molar-refractivity contribution < 1.29 is 14.3 Å². The monoisotopic (exact) mass is 246 g/mol. The van der Waals surface area contributed by atoms with Crippen molar-refractivity contribution in [2.24, 2.45) is 5.41 Å². The molecular formula is C15H18O3. The highest BCUT2D eigenvalue weighted by Crippen LogP contribution is 2.58. The summed E-state index contributed by atoms with van der Waals surface area (Å²) in [6.45, 7) is 4.08. The van der Waals surface area contributed by atoms with Crippen LogP contribution in [0.1, 0.15) is 44.6 Å². The van der Waals surface area contributed by atoms with E-state index in [1.54, 1.807) is 12.5 Å². The summed E-state index contributed by atoms with van der Waals surface area (Å²) in [5, 5.41) is 10.4. The van der Waals surface area contributed by atoms with Gasteiger partial charge in [0.25, 0.3) is 0 Å². The zero-order chi connectivity index (χ0) is 12.9. The van der Waals surface area contributed by atoms with E-state index in [1.165, 1.54) is 0 Å². The molecule has 0 radical (unpaired) electrons. The van der Waals surface area contributed by atoms with Gasteiger partial charge in [-0.25, -0.2) is 0 Å². The smallest absolute Gasteiger partial charge is 0.158 e. The highest BCUT2D eigenvalue weighted by Gasteiger charge is 2.51. The molecule has 1 aromatic heterocycles. The number of fused-ring (bicyclic) bond motifs is 1. The first-order valence-electron chi connectivity index (χ1n) is 6.47. The molecule has 96 valence electrons. The van der Waals surface area contributed by atoms with Crippen LogP contribution in [0.5, 0.6) is 0 Å². The van der Waals surface area contributed by atoms with Gasteiger partial charge in [0.1, 0.15) is 0 Å². The molecule has 1 saturated carbocycles. The topological polar surface area (TPSA) is 50.4 Å². The summed E-state index contributed by atoms with van der Waals surface area (Å²) in [6, 6.07) is 1.92. The predicted molar refractivity (Wildman–Crippen MR) is 67.1 cm³/mol. The third-order valence-electron chi connectivity index (χ3n) is 4.82. The average Bonchev–Trinajstić information content (AvgIpc) is 2.91. The van der Waals surface area contributed by atoms with E-state index < -0.39 is 6.10 Å². The summed E-state index contributed by atoms with van der Waals surface area (Å²) in [5.41, 5.74) is 2.97. The van der Waals surface area contributed by atoms with Gasteiger partial charge >= 0.3 is 0 Å². The fourth-order valence-corrected chi connectivity index (χ4v) is 3.83. The second-order valence-corrected chi connectivity index (χ2v) is 5.75. The minimum atomic E-state index is -0.413. The lowest BCUT2D eigenvalue weighted by Crippen LogP contribution is -2.30. The molecule has 1 heterocycles. The molecule has 0 saturated heterocycles. The number of allylic oxidation sites excluding steroid dienone is 1. The number of carbonyl (C=O) groups excluding carboxylic acids is 1. The van der Waals surface area contributed by atoms with Crippen LogP contribution in [0.25, 0.3) is 0 Å². The predicted octanol–water partition coefficient (Wildman–Crippen LogP) is 2.81. The molecule has 0 spiro atoms. The number of furan rings is 1. The molecule has 1 N–H and O–H groups in total. The lowest BCUT2D eigenvalue weighted by molar-refractivity contribution is -0.116. The summed E-state index contributed by atoms with van der Waals surface area (Å²) in [7, 11) is 0. The number of hydrogen-bond donors (Lipinski definition) is 1. The summed E-state index contributed by atoms with van der Waals surface area (Å²) >= 11 is 0. The van der Waals surface area contributed by atoms with Gasteiger partial charge in [-0.3, -0.25) is 4.79 Å². The van der Waals surface area contributed by atoms with Crippen LogP contribution < -0.4 is 0 Å². The third-order valence-corrected chi connectivity index (χ3v) is 4.82. The molecule has 1 fully saturated rings. The Kier molecular flexibility index (Phi) is 2.49. The van der Waals surface area contributed by atoms with Gasteiger partial charge in [-0.2, -0.15) is 0 Å². The van der Waals surface area contributed by atoms with Crippen LogP contribution in [0.2, 0.25) is 0 Å². The Balaban J connectivity index is 2.11. The van der Waals surface area contributed by atoms with Gasteiger partial charge in [0.05, 0.1) is 18.6 Å². The molecule has 3 heteroatoms. The van der Waals surface area contributed by atoms with Gasteiger partial charge in [0, 0.05) is 12.3 Å². The van der Waals surface area contributed by atoms with Gasteiger partial charge < -0.3 is 9.52 Å². The second kappa shape index (κ2) is 3.82. The maximum Gasteiger partial charge on any atom is 0.158 e. The van der Waals surface area contributed by atoms with Crippen LogP contribution in [0.3, 0.4) is 0 Å². The van der Waals surface area contributed by atoms with E-state index >= 15 is 0 Å². The largest absolute Gasteiger partial charge is 0.472 e. The van der Waals surface area contributed by atoms with Gasteiger partial charge in [0.2, 0.25) is 0 Å². The lowest BCUT2D eigenvalue weighted by atomic mass is 9.66. The van der Waals surface area contributed by atoms with Crippen LogP contribution in [0, 0.1) is 5.41 Å². The molecule has 2 aliphatic carbocycles. The standard InChI is InChI=1S/C15H18O3/c1-9-11-7-13(17)14(10-4-6-18-8-10)15(11,2)5-3-12(9)16/h4,6,8,13-14,17H,3,5,7H2,1-2H3/t13?,14-,15-/m1/s1. The minimum absolute atomic E-state index is 0.0503. The highest BCUT2D eigenvalue weighted by atomic mass is 16.3. The number of ketones is 1. The number of carbonyl (C=O) groups is 1. The Morgan fingerprint density at radius 2 is 2.28 bits per heavy atom. The molecule has 3 rings (SSSR count).